The maximum absolute atomic E-state index is 11.3. The molecule has 2 aromatic rings. The van der Waals surface area contributed by atoms with Crippen molar-refractivity contribution >= 4 is 17.0 Å². The first-order valence-corrected chi connectivity index (χ1v) is 5.68. The first-order valence-electron chi connectivity index (χ1n) is 5.68. The first kappa shape index (κ1) is 10.3. The zero-order valence-corrected chi connectivity index (χ0v) is 9.27. The number of nitrogens with two attached hydrogens (primary N) is 1. The number of primary amides is 1. The smallest absolute Gasteiger partial charge is 0.251 e. The molecule has 17 heavy (non-hydrogen) atoms. The molecule has 1 aromatic carbocycles. The molecule has 1 aliphatic heterocycles. The lowest BCUT2D eigenvalue weighted by atomic mass is 10.2. The van der Waals surface area contributed by atoms with E-state index in [9.17, 15) is 4.79 Å². The molecule has 0 radical (unpaired) electrons. The molecule has 1 aliphatic rings. The highest BCUT2D eigenvalue weighted by Crippen LogP contribution is 2.27. The molecule has 1 atom stereocenters. The number of nitrogens with zero attached hydrogens (tertiary/aromatic N) is 1. The van der Waals surface area contributed by atoms with Crippen molar-refractivity contribution in [1.29, 1.82) is 0 Å². The van der Waals surface area contributed by atoms with Crippen LogP contribution in [0.3, 0.4) is 0 Å². The molecule has 0 bridgehead atoms. The molecule has 1 fully saturated rings. The largest absolute Gasteiger partial charge is 0.439 e. The van der Waals surface area contributed by atoms with Gasteiger partial charge in [0.1, 0.15) is 5.52 Å². The average molecular weight is 231 g/mol. The number of fused-ring (bicyclic) bond motifs is 1. The Kier molecular flexibility index (Phi) is 2.33. The van der Waals surface area contributed by atoms with Crippen LogP contribution in [0.5, 0.6) is 0 Å². The molecule has 5 heteroatoms. The second kappa shape index (κ2) is 3.85. The summed E-state index contributed by atoms with van der Waals surface area (Å²) < 4.78 is 5.66. The minimum absolute atomic E-state index is 0.156. The third-order valence-electron chi connectivity index (χ3n) is 3.06. The number of hydrogen-bond donors (Lipinski definition) is 2. The Labute approximate surface area is 98.0 Å². The third-order valence-corrected chi connectivity index (χ3v) is 3.06. The van der Waals surface area contributed by atoms with Crippen LogP contribution in [0.15, 0.2) is 22.6 Å². The van der Waals surface area contributed by atoms with Crippen LogP contribution < -0.4 is 11.1 Å². The van der Waals surface area contributed by atoms with E-state index in [1.807, 2.05) is 0 Å². The van der Waals surface area contributed by atoms with Crippen LogP contribution in [0, 0.1) is 0 Å². The Balaban J connectivity index is 2.11. The van der Waals surface area contributed by atoms with Gasteiger partial charge >= 0.3 is 0 Å². The fourth-order valence-corrected chi connectivity index (χ4v) is 2.21. The average Bonchev–Trinajstić information content (AvgIpc) is 2.96. The molecule has 0 saturated carbocycles. The second-order valence-corrected chi connectivity index (χ2v) is 4.22. The Bertz CT molecular complexity index is 570. The summed E-state index contributed by atoms with van der Waals surface area (Å²) in [6.07, 6.45) is 2.13. The number of para-hydroxylation sites is 1. The molecule has 5 nitrogen and oxygen atoms in total. The number of rotatable bonds is 2. The maximum atomic E-state index is 11.3. The highest BCUT2D eigenvalue weighted by Gasteiger charge is 2.22. The lowest BCUT2D eigenvalue weighted by molar-refractivity contribution is 0.100. The zero-order valence-electron chi connectivity index (χ0n) is 9.27. The molecule has 88 valence electrons. The van der Waals surface area contributed by atoms with Crippen molar-refractivity contribution in [3.05, 3.63) is 29.7 Å². The Morgan fingerprint density at radius 1 is 1.53 bits per heavy atom. The molecule has 0 aliphatic carbocycles. The third kappa shape index (κ3) is 1.68. The predicted octanol–water partition coefficient (Wildman–Crippen LogP) is 1.35. The Morgan fingerprint density at radius 3 is 3.12 bits per heavy atom. The summed E-state index contributed by atoms with van der Waals surface area (Å²) >= 11 is 0. The van der Waals surface area contributed by atoms with E-state index in [1.54, 1.807) is 18.2 Å². The van der Waals surface area contributed by atoms with Gasteiger partial charge in [-0.2, -0.15) is 0 Å². The molecule has 2 heterocycles. The Hall–Kier alpha value is -1.88. The molecule has 0 spiro atoms. The van der Waals surface area contributed by atoms with E-state index in [0.29, 0.717) is 22.6 Å². The van der Waals surface area contributed by atoms with Crippen LogP contribution in [-0.4, -0.2) is 17.4 Å². The molecular weight excluding hydrogens is 218 g/mol. The van der Waals surface area contributed by atoms with E-state index in [2.05, 4.69) is 10.3 Å². The van der Waals surface area contributed by atoms with E-state index in [1.165, 1.54) is 0 Å². The van der Waals surface area contributed by atoms with Crippen LogP contribution in [0.2, 0.25) is 0 Å². The van der Waals surface area contributed by atoms with Crippen molar-refractivity contribution < 1.29 is 9.21 Å². The monoisotopic (exact) mass is 231 g/mol. The van der Waals surface area contributed by atoms with Crippen molar-refractivity contribution in [2.24, 2.45) is 5.73 Å². The van der Waals surface area contributed by atoms with E-state index in [4.69, 9.17) is 10.2 Å². The summed E-state index contributed by atoms with van der Waals surface area (Å²) in [6, 6.07) is 5.37. The molecule has 1 aromatic heterocycles. The zero-order chi connectivity index (χ0) is 11.8. The highest BCUT2D eigenvalue weighted by atomic mass is 16.3. The van der Waals surface area contributed by atoms with Gasteiger partial charge in [-0.1, -0.05) is 6.07 Å². The van der Waals surface area contributed by atoms with Crippen LogP contribution in [0.25, 0.3) is 11.1 Å². The van der Waals surface area contributed by atoms with Crippen LogP contribution in [0.1, 0.15) is 35.1 Å². The topological polar surface area (TPSA) is 81.2 Å². The van der Waals surface area contributed by atoms with E-state index < -0.39 is 5.91 Å². The van der Waals surface area contributed by atoms with Gasteiger partial charge in [0.25, 0.3) is 5.91 Å². The van der Waals surface area contributed by atoms with Gasteiger partial charge in [-0.25, -0.2) is 4.98 Å². The van der Waals surface area contributed by atoms with Gasteiger partial charge in [0, 0.05) is 0 Å². The normalized spacial score (nSPS) is 19.9. The van der Waals surface area contributed by atoms with E-state index in [-0.39, 0.29) is 6.04 Å². The van der Waals surface area contributed by atoms with Crippen LogP contribution in [0.4, 0.5) is 0 Å². The standard InChI is InChI=1S/C12H13N3O2/c13-11(16)7-3-1-5-9-10(7)15-12(17-9)8-4-2-6-14-8/h1,3,5,8,14H,2,4,6H2,(H2,13,16). The van der Waals surface area contributed by atoms with Gasteiger partial charge in [-0.3, -0.25) is 4.79 Å². The molecular formula is C12H13N3O2. The summed E-state index contributed by atoms with van der Waals surface area (Å²) in [5.41, 5.74) is 6.89. The first-order chi connectivity index (χ1) is 8.25. The second-order valence-electron chi connectivity index (χ2n) is 4.22. The van der Waals surface area contributed by atoms with Gasteiger partial charge in [-0.05, 0) is 31.5 Å². The van der Waals surface area contributed by atoms with Crippen LogP contribution >= 0.6 is 0 Å². The lowest BCUT2D eigenvalue weighted by Gasteiger charge is -2.02. The van der Waals surface area contributed by atoms with Crippen molar-refractivity contribution in [3.8, 4) is 0 Å². The number of benzene rings is 1. The summed E-state index contributed by atoms with van der Waals surface area (Å²) in [4.78, 5) is 15.7. The van der Waals surface area contributed by atoms with Gasteiger partial charge in [0.05, 0.1) is 11.6 Å². The predicted molar refractivity (Wildman–Crippen MR) is 62.5 cm³/mol. The van der Waals surface area contributed by atoms with Crippen molar-refractivity contribution in [2.45, 2.75) is 18.9 Å². The van der Waals surface area contributed by atoms with Gasteiger partial charge in [0.2, 0.25) is 5.89 Å². The SMILES string of the molecule is NC(=O)c1cccc2oc(C3CCCN3)nc12. The quantitative estimate of drug-likeness (QED) is 0.817. The minimum Gasteiger partial charge on any atom is -0.439 e. The van der Waals surface area contributed by atoms with E-state index in [0.717, 1.165) is 19.4 Å². The fraction of sp³-hybridized carbons (Fsp3) is 0.333. The van der Waals surface area contributed by atoms with E-state index >= 15 is 0 Å². The summed E-state index contributed by atoms with van der Waals surface area (Å²) in [5.74, 6) is 0.168. The molecule has 1 amide bonds. The summed E-state index contributed by atoms with van der Waals surface area (Å²) in [7, 11) is 0. The highest BCUT2D eigenvalue weighted by molar-refractivity contribution is 6.03. The lowest BCUT2D eigenvalue weighted by Crippen LogP contribution is -2.13. The molecule has 3 rings (SSSR count). The summed E-state index contributed by atoms with van der Waals surface area (Å²) in [6.45, 7) is 0.978. The number of amides is 1. The number of aromatic nitrogens is 1. The number of nitrogens with one attached hydrogen (secondary N) is 1. The molecule has 3 N–H and O–H groups in total. The summed E-state index contributed by atoms with van der Waals surface area (Å²) in [5, 5.41) is 3.31. The van der Waals surface area contributed by atoms with Gasteiger partial charge in [-0.15, -0.1) is 0 Å². The maximum Gasteiger partial charge on any atom is 0.251 e. The molecule has 1 unspecified atom stereocenters. The Morgan fingerprint density at radius 2 is 2.41 bits per heavy atom. The number of carbonyl (C=O) groups is 1. The number of oxazole rings is 1. The van der Waals surface area contributed by atoms with Gasteiger partial charge in [0.15, 0.2) is 5.58 Å². The number of carbonyl (C=O) groups excluding carboxylic acids is 1. The minimum atomic E-state index is -0.477. The van der Waals surface area contributed by atoms with Gasteiger partial charge < -0.3 is 15.5 Å². The van der Waals surface area contributed by atoms with Crippen LogP contribution in [-0.2, 0) is 0 Å². The fourth-order valence-electron chi connectivity index (χ4n) is 2.21. The number of hydrogen-bond acceptors (Lipinski definition) is 4. The van der Waals surface area contributed by atoms with Crippen molar-refractivity contribution in [3.63, 3.8) is 0 Å². The van der Waals surface area contributed by atoms with Crippen molar-refractivity contribution in [1.82, 2.24) is 10.3 Å². The van der Waals surface area contributed by atoms with Crippen molar-refractivity contribution in [2.75, 3.05) is 6.54 Å². The molecule has 1 saturated heterocycles.